The Morgan fingerprint density at radius 3 is 1.65 bits per heavy atom. The Hall–Kier alpha value is -0.950. The molecule has 1 atom stereocenters. The summed E-state index contributed by atoms with van der Waals surface area (Å²) in [4.78, 5) is 12.3. The van der Waals surface area contributed by atoms with Gasteiger partial charge in [0.2, 0.25) is 0 Å². The first-order chi connectivity index (χ1) is 9.92. The SMILES string of the molecule is CC1(CC(C)(C(=O)OC(C(F)(F)F)C(F)(F)F)C(C)(C)C)CC1. The molecular formula is C15H22F6O2. The van der Waals surface area contributed by atoms with Gasteiger partial charge in [-0.3, -0.25) is 4.79 Å². The van der Waals surface area contributed by atoms with Crippen molar-refractivity contribution in [1.29, 1.82) is 0 Å². The molecule has 8 heteroatoms. The Kier molecular flexibility index (Phi) is 4.85. The number of hydrogen-bond donors (Lipinski definition) is 0. The summed E-state index contributed by atoms with van der Waals surface area (Å²) in [6.45, 7) is 8.06. The Labute approximate surface area is 131 Å². The van der Waals surface area contributed by atoms with Crippen LogP contribution in [0.5, 0.6) is 0 Å². The number of hydrogen-bond acceptors (Lipinski definition) is 2. The highest BCUT2D eigenvalue weighted by atomic mass is 19.4. The minimum absolute atomic E-state index is 0.185. The number of carbonyl (C=O) groups excluding carboxylic acids is 1. The van der Waals surface area contributed by atoms with Gasteiger partial charge in [-0.25, -0.2) is 0 Å². The monoisotopic (exact) mass is 348 g/mol. The van der Waals surface area contributed by atoms with Crippen LogP contribution in [0.2, 0.25) is 0 Å². The third-order valence-corrected chi connectivity index (χ3v) is 4.81. The summed E-state index contributed by atoms with van der Waals surface area (Å²) in [6.07, 6.45) is -13.7. The molecule has 1 unspecified atom stereocenters. The maximum absolute atomic E-state index is 12.6. The third-order valence-electron chi connectivity index (χ3n) is 4.81. The normalized spacial score (nSPS) is 21.0. The molecule has 1 saturated carbocycles. The highest BCUT2D eigenvalue weighted by Crippen LogP contribution is 2.57. The molecule has 0 radical (unpaired) electrons. The van der Waals surface area contributed by atoms with Gasteiger partial charge in [-0.2, -0.15) is 26.3 Å². The van der Waals surface area contributed by atoms with Crippen molar-refractivity contribution in [2.24, 2.45) is 16.2 Å². The minimum atomic E-state index is -5.70. The highest BCUT2D eigenvalue weighted by molar-refractivity contribution is 5.78. The van der Waals surface area contributed by atoms with Gasteiger partial charge >= 0.3 is 18.3 Å². The van der Waals surface area contributed by atoms with Crippen LogP contribution < -0.4 is 0 Å². The predicted molar refractivity (Wildman–Crippen MR) is 71.5 cm³/mol. The fourth-order valence-electron chi connectivity index (χ4n) is 2.44. The first-order valence-electron chi connectivity index (χ1n) is 7.27. The van der Waals surface area contributed by atoms with Gasteiger partial charge < -0.3 is 4.74 Å². The van der Waals surface area contributed by atoms with Crippen molar-refractivity contribution in [2.45, 2.75) is 72.3 Å². The van der Waals surface area contributed by atoms with Crippen molar-refractivity contribution in [1.82, 2.24) is 0 Å². The molecular weight excluding hydrogens is 326 g/mol. The van der Waals surface area contributed by atoms with Crippen molar-refractivity contribution in [2.75, 3.05) is 0 Å². The van der Waals surface area contributed by atoms with Gasteiger partial charge in [-0.15, -0.1) is 0 Å². The second-order valence-corrected chi connectivity index (χ2v) is 7.94. The third kappa shape index (κ3) is 4.53. The maximum atomic E-state index is 12.6. The summed E-state index contributed by atoms with van der Waals surface area (Å²) < 4.78 is 79.6. The average Bonchev–Trinajstić information content (AvgIpc) is 2.98. The molecule has 1 fully saturated rings. The molecule has 0 N–H and O–H groups in total. The zero-order valence-electron chi connectivity index (χ0n) is 13.8. The molecule has 0 aromatic rings. The lowest BCUT2D eigenvalue weighted by Gasteiger charge is -2.42. The topological polar surface area (TPSA) is 26.3 Å². The van der Waals surface area contributed by atoms with Crippen LogP contribution in [-0.2, 0) is 9.53 Å². The van der Waals surface area contributed by atoms with Crippen LogP contribution in [0, 0.1) is 16.2 Å². The summed E-state index contributed by atoms with van der Waals surface area (Å²) in [5.41, 5.74) is -2.54. The zero-order chi connectivity index (χ0) is 18.5. The summed E-state index contributed by atoms with van der Waals surface area (Å²) >= 11 is 0. The Balaban J connectivity index is 3.10. The lowest BCUT2D eigenvalue weighted by Crippen LogP contribution is -2.51. The second kappa shape index (κ2) is 5.55. The van der Waals surface area contributed by atoms with E-state index in [0.29, 0.717) is 0 Å². The van der Waals surface area contributed by atoms with E-state index in [9.17, 15) is 31.1 Å². The number of halogens is 6. The van der Waals surface area contributed by atoms with E-state index in [2.05, 4.69) is 4.74 Å². The standard InChI is InChI=1S/C15H22F6O2/c1-11(2,3)13(5,8-12(4)6-7-12)10(22)23-9(14(16,17)18)15(19,20)21/h9H,6-8H2,1-5H3. The molecule has 0 heterocycles. The van der Waals surface area contributed by atoms with Crippen molar-refractivity contribution >= 4 is 5.97 Å². The van der Waals surface area contributed by atoms with Crippen LogP contribution in [0.25, 0.3) is 0 Å². The number of esters is 1. The average molecular weight is 348 g/mol. The molecule has 0 spiro atoms. The first-order valence-corrected chi connectivity index (χ1v) is 7.27. The first kappa shape index (κ1) is 20.1. The van der Waals surface area contributed by atoms with Crippen molar-refractivity contribution < 1.29 is 35.9 Å². The molecule has 2 nitrogen and oxygen atoms in total. The van der Waals surface area contributed by atoms with E-state index in [1.807, 2.05) is 6.92 Å². The van der Waals surface area contributed by atoms with Crippen molar-refractivity contribution in [3.05, 3.63) is 0 Å². The smallest absolute Gasteiger partial charge is 0.434 e. The lowest BCUT2D eigenvalue weighted by molar-refractivity contribution is -0.316. The van der Waals surface area contributed by atoms with E-state index in [1.165, 1.54) is 6.92 Å². The van der Waals surface area contributed by atoms with E-state index in [-0.39, 0.29) is 11.8 Å². The number of carbonyl (C=O) groups is 1. The Morgan fingerprint density at radius 2 is 1.39 bits per heavy atom. The molecule has 0 saturated heterocycles. The summed E-state index contributed by atoms with van der Waals surface area (Å²) in [5.74, 6) is -1.46. The molecule has 1 aliphatic rings. The molecule has 0 aliphatic heterocycles. The van der Waals surface area contributed by atoms with E-state index >= 15 is 0 Å². The Bertz CT molecular complexity index is 442. The number of rotatable bonds is 4. The molecule has 1 aliphatic carbocycles. The molecule has 0 aromatic carbocycles. The van der Waals surface area contributed by atoms with Gasteiger partial charge in [0.25, 0.3) is 6.10 Å². The molecule has 23 heavy (non-hydrogen) atoms. The predicted octanol–water partition coefficient (Wildman–Crippen LogP) is 5.27. The van der Waals surface area contributed by atoms with Crippen molar-refractivity contribution in [3.8, 4) is 0 Å². The van der Waals surface area contributed by atoms with Crippen LogP contribution in [-0.4, -0.2) is 24.4 Å². The van der Waals surface area contributed by atoms with E-state index in [4.69, 9.17) is 0 Å². The van der Waals surface area contributed by atoms with Crippen LogP contribution >= 0.6 is 0 Å². The maximum Gasteiger partial charge on any atom is 0.434 e. The van der Waals surface area contributed by atoms with Gasteiger partial charge in [-0.05, 0) is 37.0 Å². The van der Waals surface area contributed by atoms with Crippen LogP contribution in [0.4, 0.5) is 26.3 Å². The lowest BCUT2D eigenvalue weighted by atomic mass is 9.63. The molecule has 0 amide bonds. The van der Waals surface area contributed by atoms with Crippen molar-refractivity contribution in [3.63, 3.8) is 0 Å². The van der Waals surface area contributed by atoms with Gasteiger partial charge in [-0.1, -0.05) is 27.7 Å². The summed E-state index contributed by atoms with van der Waals surface area (Å²) in [6, 6.07) is 0. The number of ether oxygens (including phenoxy) is 1. The van der Waals surface area contributed by atoms with Crippen LogP contribution in [0.1, 0.15) is 53.9 Å². The van der Waals surface area contributed by atoms with Gasteiger partial charge in [0.15, 0.2) is 0 Å². The summed E-state index contributed by atoms with van der Waals surface area (Å²) in [5, 5.41) is 0. The summed E-state index contributed by atoms with van der Waals surface area (Å²) in [7, 11) is 0. The zero-order valence-corrected chi connectivity index (χ0v) is 13.8. The molecule has 0 bridgehead atoms. The largest absolute Gasteiger partial charge is 0.442 e. The molecule has 136 valence electrons. The van der Waals surface area contributed by atoms with E-state index in [1.54, 1.807) is 20.8 Å². The number of alkyl halides is 6. The fourth-order valence-corrected chi connectivity index (χ4v) is 2.44. The second-order valence-electron chi connectivity index (χ2n) is 7.94. The van der Waals surface area contributed by atoms with E-state index in [0.717, 1.165) is 12.8 Å². The minimum Gasteiger partial charge on any atom is -0.442 e. The highest BCUT2D eigenvalue weighted by Gasteiger charge is 2.62. The molecule has 1 rings (SSSR count). The van der Waals surface area contributed by atoms with Crippen LogP contribution in [0.3, 0.4) is 0 Å². The molecule has 0 aromatic heterocycles. The van der Waals surface area contributed by atoms with Gasteiger partial charge in [0, 0.05) is 0 Å². The quantitative estimate of drug-likeness (QED) is 0.511. The fraction of sp³-hybridized carbons (Fsp3) is 0.933. The Morgan fingerprint density at radius 1 is 1.00 bits per heavy atom. The van der Waals surface area contributed by atoms with Gasteiger partial charge in [0.05, 0.1) is 5.41 Å². The van der Waals surface area contributed by atoms with Crippen LogP contribution in [0.15, 0.2) is 0 Å². The van der Waals surface area contributed by atoms with E-state index < -0.39 is 35.3 Å². The van der Waals surface area contributed by atoms with Gasteiger partial charge in [0.1, 0.15) is 0 Å².